The van der Waals surface area contributed by atoms with Crippen molar-refractivity contribution in [1.29, 1.82) is 0 Å². The van der Waals surface area contributed by atoms with E-state index >= 15 is 0 Å². The molecule has 1 aliphatic rings. The van der Waals surface area contributed by atoms with Crippen LogP contribution in [0.2, 0.25) is 0 Å². The Hall–Kier alpha value is -2.49. The van der Waals surface area contributed by atoms with E-state index in [0.29, 0.717) is 5.56 Å². The highest BCUT2D eigenvalue weighted by Crippen LogP contribution is 2.44. The van der Waals surface area contributed by atoms with Crippen LogP contribution < -0.4 is 0 Å². The zero-order valence-electron chi connectivity index (χ0n) is 13.7. The number of carboxylic acid groups (broad SMARTS) is 1. The fourth-order valence-corrected chi connectivity index (χ4v) is 3.81. The topological polar surface area (TPSA) is 77.8 Å². The molecular formula is C20H22O4. The second kappa shape index (κ2) is 6.56. The summed E-state index contributed by atoms with van der Waals surface area (Å²) in [6, 6.07) is 10.3. The summed E-state index contributed by atoms with van der Waals surface area (Å²) in [6.45, 7) is 1.98. The van der Waals surface area contributed by atoms with Crippen molar-refractivity contribution in [2.45, 2.75) is 44.4 Å². The SMILES string of the molecule is Cc1ccc(C(=O)O)c([C@H]2CC[C@H](c3ccc(O)cc3O)CC2)c1. The van der Waals surface area contributed by atoms with Gasteiger partial charge in [0.1, 0.15) is 11.5 Å². The Morgan fingerprint density at radius 2 is 1.54 bits per heavy atom. The highest BCUT2D eigenvalue weighted by Gasteiger charge is 2.27. The molecule has 24 heavy (non-hydrogen) atoms. The molecule has 0 aliphatic heterocycles. The lowest BCUT2D eigenvalue weighted by Crippen LogP contribution is -2.15. The van der Waals surface area contributed by atoms with Crippen LogP contribution in [-0.2, 0) is 0 Å². The van der Waals surface area contributed by atoms with Crippen LogP contribution in [0.3, 0.4) is 0 Å². The predicted octanol–water partition coefficient (Wildman–Crippen LogP) is 4.55. The number of carboxylic acids is 1. The lowest BCUT2D eigenvalue weighted by Gasteiger charge is -2.30. The van der Waals surface area contributed by atoms with E-state index in [2.05, 4.69) is 0 Å². The number of benzene rings is 2. The fourth-order valence-electron chi connectivity index (χ4n) is 3.81. The molecule has 0 aromatic heterocycles. The van der Waals surface area contributed by atoms with E-state index in [-0.39, 0.29) is 23.3 Å². The second-order valence-electron chi connectivity index (χ2n) is 6.69. The van der Waals surface area contributed by atoms with Gasteiger partial charge in [0.15, 0.2) is 0 Å². The van der Waals surface area contributed by atoms with Gasteiger partial charge in [0.25, 0.3) is 0 Å². The average Bonchev–Trinajstić information content (AvgIpc) is 2.55. The molecule has 4 nitrogen and oxygen atoms in total. The minimum Gasteiger partial charge on any atom is -0.508 e. The number of carbonyl (C=O) groups is 1. The Morgan fingerprint density at radius 1 is 0.917 bits per heavy atom. The molecule has 0 bridgehead atoms. The Kier molecular flexibility index (Phi) is 4.47. The maximum atomic E-state index is 11.5. The van der Waals surface area contributed by atoms with Crippen molar-refractivity contribution < 1.29 is 20.1 Å². The zero-order valence-corrected chi connectivity index (χ0v) is 13.7. The van der Waals surface area contributed by atoms with Gasteiger partial charge in [-0.2, -0.15) is 0 Å². The first kappa shape index (κ1) is 16.4. The largest absolute Gasteiger partial charge is 0.508 e. The van der Waals surface area contributed by atoms with Crippen LogP contribution in [-0.4, -0.2) is 21.3 Å². The van der Waals surface area contributed by atoms with Crippen LogP contribution in [0.4, 0.5) is 0 Å². The van der Waals surface area contributed by atoms with Crippen molar-refractivity contribution >= 4 is 5.97 Å². The van der Waals surface area contributed by atoms with E-state index in [1.54, 1.807) is 18.2 Å². The van der Waals surface area contributed by atoms with Crippen LogP contribution in [0.5, 0.6) is 11.5 Å². The minimum atomic E-state index is -0.872. The van der Waals surface area contributed by atoms with Crippen molar-refractivity contribution in [3.63, 3.8) is 0 Å². The molecule has 3 rings (SSSR count). The van der Waals surface area contributed by atoms with E-state index in [1.165, 1.54) is 6.07 Å². The lowest BCUT2D eigenvalue weighted by atomic mass is 9.75. The van der Waals surface area contributed by atoms with Crippen LogP contribution in [0.15, 0.2) is 36.4 Å². The van der Waals surface area contributed by atoms with Crippen molar-refractivity contribution in [1.82, 2.24) is 0 Å². The third kappa shape index (κ3) is 3.23. The van der Waals surface area contributed by atoms with Gasteiger partial charge in [-0.1, -0.05) is 23.8 Å². The summed E-state index contributed by atoms with van der Waals surface area (Å²) in [4.78, 5) is 11.5. The molecule has 3 N–H and O–H groups in total. The van der Waals surface area contributed by atoms with Gasteiger partial charge in [-0.05, 0) is 67.7 Å². The first-order valence-corrected chi connectivity index (χ1v) is 8.31. The summed E-state index contributed by atoms with van der Waals surface area (Å²) >= 11 is 0. The molecule has 0 atom stereocenters. The maximum Gasteiger partial charge on any atom is 0.335 e. The standard InChI is InChI=1S/C20H22O4/c1-12-2-8-17(20(23)24)18(10-12)14-5-3-13(4-6-14)16-9-7-15(21)11-19(16)22/h2,7-11,13-14,21-22H,3-6H2,1H3,(H,23,24)/t13-,14-. The van der Waals surface area contributed by atoms with Crippen molar-refractivity contribution in [2.75, 3.05) is 0 Å². The molecule has 2 aromatic rings. The number of hydrogen-bond donors (Lipinski definition) is 3. The molecule has 0 heterocycles. The molecule has 2 aromatic carbocycles. The Morgan fingerprint density at radius 3 is 2.12 bits per heavy atom. The van der Waals surface area contributed by atoms with Gasteiger partial charge in [0, 0.05) is 6.07 Å². The summed E-state index contributed by atoms with van der Waals surface area (Å²) in [5.74, 6) is -0.175. The monoisotopic (exact) mass is 326 g/mol. The highest BCUT2D eigenvalue weighted by atomic mass is 16.4. The van der Waals surface area contributed by atoms with E-state index in [4.69, 9.17) is 0 Å². The molecule has 1 fully saturated rings. The van der Waals surface area contributed by atoms with Crippen LogP contribution >= 0.6 is 0 Å². The van der Waals surface area contributed by atoms with Gasteiger partial charge in [-0.25, -0.2) is 4.79 Å². The normalized spacial score (nSPS) is 20.7. The van der Waals surface area contributed by atoms with E-state index in [0.717, 1.165) is 42.4 Å². The predicted molar refractivity (Wildman–Crippen MR) is 91.9 cm³/mol. The Labute approximate surface area is 141 Å². The number of phenolic OH excluding ortho intramolecular Hbond substituents is 2. The summed E-state index contributed by atoms with van der Waals surface area (Å²) in [5, 5.41) is 28.9. The van der Waals surface area contributed by atoms with Crippen molar-refractivity contribution in [3.8, 4) is 11.5 Å². The number of aryl methyl sites for hydroxylation is 1. The molecule has 1 saturated carbocycles. The number of hydrogen-bond acceptors (Lipinski definition) is 3. The minimum absolute atomic E-state index is 0.0656. The number of aromatic hydroxyl groups is 2. The number of phenols is 2. The third-order valence-corrected chi connectivity index (χ3v) is 5.06. The molecule has 0 unspecified atom stereocenters. The van der Waals surface area contributed by atoms with Crippen molar-refractivity contribution in [3.05, 3.63) is 58.7 Å². The lowest BCUT2D eigenvalue weighted by molar-refractivity contribution is 0.0694. The average molecular weight is 326 g/mol. The van der Waals surface area contributed by atoms with E-state index in [9.17, 15) is 20.1 Å². The first-order chi connectivity index (χ1) is 11.5. The summed E-state index contributed by atoms with van der Waals surface area (Å²) in [6.07, 6.45) is 3.59. The first-order valence-electron chi connectivity index (χ1n) is 8.31. The van der Waals surface area contributed by atoms with Gasteiger partial charge in [0.2, 0.25) is 0 Å². The van der Waals surface area contributed by atoms with Crippen LogP contribution in [0, 0.1) is 6.92 Å². The van der Waals surface area contributed by atoms with Gasteiger partial charge >= 0.3 is 5.97 Å². The molecule has 4 heteroatoms. The molecular weight excluding hydrogens is 304 g/mol. The van der Waals surface area contributed by atoms with Gasteiger partial charge in [-0.15, -0.1) is 0 Å². The van der Waals surface area contributed by atoms with Gasteiger partial charge in [-0.3, -0.25) is 0 Å². The van der Waals surface area contributed by atoms with Crippen LogP contribution in [0.25, 0.3) is 0 Å². The van der Waals surface area contributed by atoms with Crippen LogP contribution in [0.1, 0.15) is 64.6 Å². The second-order valence-corrected chi connectivity index (χ2v) is 6.69. The highest BCUT2D eigenvalue weighted by molar-refractivity contribution is 5.89. The third-order valence-electron chi connectivity index (χ3n) is 5.06. The molecule has 126 valence electrons. The quantitative estimate of drug-likeness (QED) is 0.773. The van der Waals surface area contributed by atoms with E-state index in [1.807, 2.05) is 19.1 Å². The maximum absolute atomic E-state index is 11.5. The summed E-state index contributed by atoms with van der Waals surface area (Å²) in [7, 11) is 0. The molecule has 1 aliphatic carbocycles. The Bertz CT molecular complexity index is 758. The zero-order chi connectivity index (χ0) is 17.3. The molecule has 0 saturated heterocycles. The number of aromatic carboxylic acids is 1. The fraction of sp³-hybridized carbons (Fsp3) is 0.350. The molecule has 0 spiro atoms. The van der Waals surface area contributed by atoms with Crippen molar-refractivity contribution in [2.24, 2.45) is 0 Å². The summed E-state index contributed by atoms with van der Waals surface area (Å²) in [5.41, 5.74) is 3.27. The summed E-state index contributed by atoms with van der Waals surface area (Å²) < 4.78 is 0. The van der Waals surface area contributed by atoms with Gasteiger partial charge in [0.05, 0.1) is 5.56 Å². The van der Waals surface area contributed by atoms with E-state index < -0.39 is 5.97 Å². The van der Waals surface area contributed by atoms with Gasteiger partial charge < -0.3 is 15.3 Å². The molecule has 0 amide bonds. The molecule has 0 radical (unpaired) electrons. The smallest absolute Gasteiger partial charge is 0.335 e. The number of rotatable bonds is 3. The Balaban J connectivity index is 1.78.